The number of hydrogen-bond donors (Lipinski definition) is 7. The zero-order valence-electron chi connectivity index (χ0n) is 17.4. The number of rotatable bonds is 7. The molecule has 0 fully saturated rings. The molecular weight excluding hydrogens is 452 g/mol. The summed E-state index contributed by atoms with van der Waals surface area (Å²) in [6.07, 6.45) is -7.05. The smallest absolute Gasteiger partial charge is 0.335 e. The number of H-pyrrole nitrogens is 1. The van der Waals surface area contributed by atoms with Gasteiger partial charge in [-0.05, 0) is 6.92 Å². The van der Waals surface area contributed by atoms with E-state index < -0.39 is 51.4 Å². The van der Waals surface area contributed by atoms with Crippen LogP contribution in [-0.2, 0) is 28.0 Å². The SMILES string of the molecule is CC(=O)Cn1c(=O)c2[nH]cnc2n(C)c1=O.C[SiH2]O.O=C[C@@H](O)[C@@H](O)[C@H](O)[C@H](O)C(=O)O. The number of aromatic nitrogens is 4. The summed E-state index contributed by atoms with van der Waals surface area (Å²) in [7, 11) is 0.918. The van der Waals surface area contributed by atoms with Crippen molar-refractivity contribution in [3.05, 3.63) is 27.2 Å². The van der Waals surface area contributed by atoms with Crippen LogP contribution in [-0.4, -0.2) is 102 Å². The summed E-state index contributed by atoms with van der Waals surface area (Å²) in [5.74, 6) is -2.01. The van der Waals surface area contributed by atoms with E-state index in [1.54, 1.807) is 0 Å². The number of carboxylic acid groups (broad SMARTS) is 1. The topological polar surface area (TPSA) is 245 Å². The van der Waals surface area contributed by atoms with Crippen LogP contribution in [0.1, 0.15) is 6.92 Å². The van der Waals surface area contributed by atoms with Crippen molar-refractivity contribution in [3.63, 3.8) is 0 Å². The van der Waals surface area contributed by atoms with Crippen molar-refractivity contribution in [2.45, 2.75) is 44.4 Å². The molecule has 0 bridgehead atoms. The third kappa shape index (κ3) is 7.59. The molecule has 0 aliphatic carbocycles. The summed E-state index contributed by atoms with van der Waals surface area (Å²) in [4.78, 5) is 68.7. The van der Waals surface area contributed by atoms with Crippen molar-refractivity contribution >= 4 is 39.0 Å². The summed E-state index contributed by atoms with van der Waals surface area (Å²) in [6.45, 7) is 2.92. The lowest BCUT2D eigenvalue weighted by Crippen LogP contribution is -2.48. The minimum Gasteiger partial charge on any atom is -0.479 e. The predicted octanol–water partition coefficient (Wildman–Crippen LogP) is -5.16. The number of imidazole rings is 1. The first-order valence-corrected chi connectivity index (χ1v) is 11.0. The molecule has 0 aliphatic rings. The second-order valence-electron chi connectivity index (χ2n) is 6.24. The Kier molecular flexibility index (Phi) is 12.1. The number of carbonyl (C=O) groups excluding carboxylic acids is 2. The first kappa shape index (κ1) is 29.0. The van der Waals surface area contributed by atoms with Gasteiger partial charge in [-0.15, -0.1) is 0 Å². The Morgan fingerprint density at radius 1 is 1.22 bits per heavy atom. The molecule has 16 heteroatoms. The second kappa shape index (κ2) is 13.4. The van der Waals surface area contributed by atoms with Crippen LogP contribution in [0.25, 0.3) is 11.2 Å². The average molecular weight is 478 g/mol. The number of ketones is 1. The van der Waals surface area contributed by atoms with Crippen LogP contribution in [0.3, 0.4) is 0 Å². The minimum absolute atomic E-state index is 0.0809. The fourth-order valence-electron chi connectivity index (χ4n) is 2.17. The molecule has 0 saturated carbocycles. The lowest BCUT2D eigenvalue weighted by molar-refractivity contribution is -0.163. The number of aldehydes is 1. The van der Waals surface area contributed by atoms with Gasteiger partial charge in [-0.2, -0.15) is 0 Å². The second-order valence-corrected chi connectivity index (χ2v) is 6.88. The van der Waals surface area contributed by atoms with E-state index in [0.29, 0.717) is 0 Å². The summed E-state index contributed by atoms with van der Waals surface area (Å²) >= 11 is 0. The van der Waals surface area contributed by atoms with Gasteiger partial charge in [0.2, 0.25) is 0 Å². The highest BCUT2D eigenvalue weighted by Crippen LogP contribution is 2.04. The molecule has 7 N–H and O–H groups in total. The first-order chi connectivity index (χ1) is 14.8. The molecule has 2 rings (SSSR count). The number of carboxylic acids is 1. The molecule has 32 heavy (non-hydrogen) atoms. The fraction of sp³-hybridized carbons (Fsp3) is 0.500. The number of carbonyl (C=O) groups is 3. The summed E-state index contributed by atoms with van der Waals surface area (Å²) in [5, 5.41) is 43.2. The Labute approximate surface area is 182 Å². The number of aromatic amines is 1. The van der Waals surface area contributed by atoms with Gasteiger partial charge >= 0.3 is 11.7 Å². The molecule has 0 spiro atoms. The molecule has 2 aromatic heterocycles. The van der Waals surface area contributed by atoms with Crippen LogP contribution in [0.2, 0.25) is 6.55 Å². The van der Waals surface area contributed by atoms with E-state index in [4.69, 9.17) is 30.3 Å². The van der Waals surface area contributed by atoms with E-state index in [9.17, 15) is 24.0 Å². The summed E-state index contributed by atoms with van der Waals surface area (Å²) < 4.78 is 2.12. The number of aryl methyl sites for hydroxylation is 1. The Hall–Kier alpha value is -3.02. The van der Waals surface area contributed by atoms with Crippen molar-refractivity contribution < 1.29 is 44.7 Å². The third-order valence-corrected chi connectivity index (χ3v) is 3.71. The van der Waals surface area contributed by atoms with Crippen molar-refractivity contribution in [3.8, 4) is 0 Å². The van der Waals surface area contributed by atoms with E-state index in [0.717, 1.165) is 4.57 Å². The maximum atomic E-state index is 11.8. The number of hydrogen-bond acceptors (Lipinski definition) is 11. The standard InChI is InChI=1S/C9H10N4O3.C6H10O7.CH6OSi/c1-5(14)3-13-8(15)6-7(11-4-10-6)12(2)9(13)16;7-1-2(8)3(9)4(10)5(11)6(12)13;1-3-2/h4H,3H2,1-2H3,(H,10,11);1-5,8-11H,(H,12,13);2H,3H2,1H3/t;2-,3-,4+,5+;/m.1./s1. The van der Waals surface area contributed by atoms with Gasteiger partial charge in [-0.25, -0.2) is 14.6 Å². The number of aliphatic hydroxyl groups excluding tert-OH is 4. The number of Topliss-reactive ketones (excluding diaryl/α,β-unsaturated/α-hetero) is 1. The van der Waals surface area contributed by atoms with Crippen LogP contribution in [0, 0.1) is 0 Å². The zero-order chi connectivity index (χ0) is 25.2. The van der Waals surface area contributed by atoms with Crippen molar-refractivity contribution in [1.82, 2.24) is 19.1 Å². The lowest BCUT2D eigenvalue weighted by Gasteiger charge is -2.21. The summed E-state index contributed by atoms with van der Waals surface area (Å²) in [5.41, 5.74) is -0.552. The molecule has 0 amide bonds. The Bertz CT molecular complexity index is 1030. The largest absolute Gasteiger partial charge is 0.479 e. The molecule has 2 aromatic rings. The van der Waals surface area contributed by atoms with Gasteiger partial charge in [0.15, 0.2) is 27.8 Å². The molecule has 0 aromatic carbocycles. The molecule has 0 saturated heterocycles. The molecule has 15 nitrogen and oxygen atoms in total. The van der Waals surface area contributed by atoms with Gasteiger partial charge in [-0.3, -0.25) is 18.7 Å². The Morgan fingerprint density at radius 2 is 1.75 bits per heavy atom. The zero-order valence-corrected chi connectivity index (χ0v) is 18.9. The minimum atomic E-state index is -2.25. The van der Waals surface area contributed by atoms with Crippen molar-refractivity contribution in [2.75, 3.05) is 0 Å². The highest BCUT2D eigenvalue weighted by molar-refractivity contribution is 6.22. The quantitative estimate of drug-likeness (QED) is 0.146. The number of nitrogens with zero attached hydrogens (tertiary/aromatic N) is 3. The molecular formula is C16H26N4O11Si. The van der Waals surface area contributed by atoms with Gasteiger partial charge in [0.1, 0.15) is 29.6 Å². The predicted molar refractivity (Wildman–Crippen MR) is 111 cm³/mol. The molecule has 0 unspecified atom stereocenters. The van der Waals surface area contributed by atoms with Crippen LogP contribution in [0.5, 0.6) is 0 Å². The molecule has 180 valence electrons. The fourth-order valence-corrected chi connectivity index (χ4v) is 2.17. The monoisotopic (exact) mass is 478 g/mol. The highest BCUT2D eigenvalue weighted by Gasteiger charge is 2.34. The van der Waals surface area contributed by atoms with Crippen molar-refractivity contribution in [1.29, 1.82) is 0 Å². The van der Waals surface area contributed by atoms with Gasteiger partial charge in [0, 0.05) is 7.05 Å². The molecule has 2 heterocycles. The Balaban J connectivity index is 0.000000547. The maximum absolute atomic E-state index is 11.8. The van der Waals surface area contributed by atoms with Gasteiger partial charge in [0.25, 0.3) is 5.56 Å². The first-order valence-electron chi connectivity index (χ1n) is 8.99. The van der Waals surface area contributed by atoms with E-state index in [1.165, 1.54) is 24.9 Å². The lowest BCUT2D eigenvalue weighted by atomic mass is 10.0. The van der Waals surface area contributed by atoms with E-state index in [2.05, 4.69) is 9.97 Å². The van der Waals surface area contributed by atoms with Gasteiger partial charge in [0.05, 0.1) is 12.9 Å². The van der Waals surface area contributed by atoms with Crippen LogP contribution < -0.4 is 11.2 Å². The van der Waals surface area contributed by atoms with Gasteiger partial charge < -0.3 is 40.1 Å². The van der Waals surface area contributed by atoms with Crippen LogP contribution in [0.15, 0.2) is 15.9 Å². The van der Waals surface area contributed by atoms with Crippen LogP contribution >= 0.6 is 0 Å². The van der Waals surface area contributed by atoms with Gasteiger partial charge in [-0.1, -0.05) is 6.55 Å². The normalized spacial score (nSPS) is 14.5. The average Bonchev–Trinajstić information content (AvgIpc) is 3.24. The third-order valence-electron chi connectivity index (χ3n) is 3.71. The molecule has 0 radical (unpaired) electrons. The number of nitrogens with one attached hydrogen (secondary N) is 1. The highest BCUT2D eigenvalue weighted by atomic mass is 28.2. The van der Waals surface area contributed by atoms with E-state index in [-0.39, 0.29) is 29.8 Å². The van der Waals surface area contributed by atoms with Crippen molar-refractivity contribution in [2.24, 2.45) is 7.05 Å². The van der Waals surface area contributed by atoms with E-state index in [1.807, 2.05) is 6.55 Å². The summed E-state index contributed by atoms with van der Waals surface area (Å²) in [6, 6.07) is 0. The Morgan fingerprint density at radius 3 is 2.19 bits per heavy atom. The maximum Gasteiger partial charge on any atom is 0.335 e. The molecule has 0 aliphatic heterocycles. The molecule has 4 atom stereocenters. The number of aliphatic carboxylic acids is 1. The number of fused-ring (bicyclic) bond motifs is 1. The van der Waals surface area contributed by atoms with Crippen LogP contribution in [0.4, 0.5) is 0 Å². The number of aliphatic hydroxyl groups is 4. The van der Waals surface area contributed by atoms with E-state index >= 15 is 0 Å².